The van der Waals surface area contributed by atoms with Crippen molar-refractivity contribution in [1.82, 2.24) is 0 Å². The Hall–Kier alpha value is 2.05. The molecule has 0 heterocycles. The molecule has 0 fully saturated rings. The van der Waals surface area contributed by atoms with Gasteiger partial charge in [-0.05, 0) is 0 Å². The molecule has 0 rings (SSSR count). The minimum absolute atomic E-state index is 0. The summed E-state index contributed by atoms with van der Waals surface area (Å²) in [7, 11) is 0. The topological polar surface area (TPSA) is 138 Å². The average molecular weight is 624 g/mol. The average Bonchev–Trinajstić information content (AvgIpc) is 2.74. The molecule has 0 aromatic heterocycles. The molecule has 8 heteroatoms. The summed E-state index contributed by atoms with van der Waals surface area (Å²) in [6.45, 7) is 12.6. The number of rotatable bonds is 12. The van der Waals surface area contributed by atoms with E-state index in [1.165, 1.54) is 0 Å². The van der Waals surface area contributed by atoms with Crippen LogP contribution in [-0.4, -0.2) is 88.5 Å². The van der Waals surface area contributed by atoms with Crippen molar-refractivity contribution >= 4 is 48.9 Å². The Bertz CT molecular complexity index is 126. The molecule has 0 aromatic carbocycles. The maximum absolute atomic E-state index is 9.53. The second-order valence-electron chi connectivity index (χ2n) is 6.35. The quantitative estimate of drug-likeness (QED) is 0.290. The summed E-state index contributed by atoms with van der Waals surface area (Å²) < 4.78 is 0. The van der Waals surface area contributed by atoms with Crippen LogP contribution in [0.15, 0.2) is 0 Å². The third kappa shape index (κ3) is 157. The van der Waals surface area contributed by atoms with Crippen LogP contribution in [0.5, 0.6) is 0 Å². The van der Waals surface area contributed by atoms with Crippen LogP contribution < -0.4 is 30.6 Å². The van der Waals surface area contributed by atoms with Gasteiger partial charge in [0.2, 0.25) is 0 Å². The third-order valence-electron chi connectivity index (χ3n) is 2.99. The Morgan fingerprint density at radius 2 is 0.406 bits per heavy atom. The molecule has 0 bridgehead atoms. The Morgan fingerprint density at radius 1 is 0.312 bits per heavy atom. The summed E-state index contributed by atoms with van der Waals surface area (Å²) >= 11 is 0. The van der Waals surface area contributed by atoms with Gasteiger partial charge in [0.1, 0.15) is 0 Å². The van der Waals surface area contributed by atoms with Crippen molar-refractivity contribution in [3.63, 3.8) is 0 Å². The molecule has 0 atom stereocenters. The van der Waals surface area contributed by atoms with E-state index in [0.717, 1.165) is 77.0 Å². The molecule has 0 spiro atoms. The van der Waals surface area contributed by atoms with Crippen molar-refractivity contribution in [3.8, 4) is 0 Å². The predicted molar refractivity (Wildman–Crippen MR) is 124 cm³/mol. The van der Waals surface area contributed by atoms with Crippen LogP contribution in [0.25, 0.3) is 0 Å². The zero-order valence-electron chi connectivity index (χ0n) is 22.4. The van der Waals surface area contributed by atoms with Gasteiger partial charge in [0.25, 0.3) is 0 Å². The Labute approximate surface area is 257 Å². The monoisotopic (exact) mass is 624 g/mol. The van der Waals surface area contributed by atoms with Gasteiger partial charge in [0.05, 0.1) is 0 Å². The second kappa shape index (κ2) is 84.5. The molecule has 0 unspecified atom stereocenters. The fourth-order valence-electron chi connectivity index (χ4n) is 0.866. The number of unbranched alkanes of at least 4 members (excludes halogenated alkanes) is 6. The van der Waals surface area contributed by atoms with E-state index in [4.69, 9.17) is 0 Å². The smallest absolute Gasteiger partial charge is 0.854 e. The maximum Gasteiger partial charge on any atom is 4.00 e. The van der Waals surface area contributed by atoms with Crippen LogP contribution in [0.3, 0.4) is 0 Å². The summed E-state index contributed by atoms with van der Waals surface area (Å²) in [6.07, 6.45) is 11.2. The molecule has 0 aliphatic rings. The number of hydrogen-bond donors (Lipinski definition) is 0. The van der Waals surface area contributed by atoms with Crippen LogP contribution >= 0.6 is 0 Å². The second-order valence-corrected chi connectivity index (χ2v) is 6.35. The van der Waals surface area contributed by atoms with Crippen LogP contribution in [0.2, 0.25) is 0 Å². The van der Waals surface area contributed by atoms with E-state index in [9.17, 15) is 30.6 Å². The first kappa shape index (κ1) is 54.8. The fraction of sp³-hybridized carbons (Fsp3) is 1.00. The molecule has 0 N–H and O–H groups in total. The molecule has 0 saturated carbocycles. The minimum Gasteiger partial charge on any atom is -0.854 e. The van der Waals surface area contributed by atoms with Gasteiger partial charge in [-0.1, -0.05) is 119 Å². The normalized spacial score (nSPS) is 7.88. The van der Waals surface area contributed by atoms with Crippen molar-refractivity contribution in [1.29, 1.82) is 0 Å². The summed E-state index contributed by atoms with van der Waals surface area (Å²) in [5.41, 5.74) is 0. The van der Waals surface area contributed by atoms with E-state index in [-0.39, 0.29) is 110 Å². The molecule has 0 amide bonds. The van der Waals surface area contributed by atoms with Crippen molar-refractivity contribution in [2.75, 3.05) is 39.6 Å². The molecule has 0 aliphatic heterocycles. The fourth-order valence-corrected chi connectivity index (χ4v) is 0.866. The molecule has 32 heavy (non-hydrogen) atoms. The van der Waals surface area contributed by atoms with E-state index in [1.54, 1.807) is 0 Å². The molecular weight excluding hydrogens is 569 g/mol. The van der Waals surface area contributed by atoms with Gasteiger partial charge in [0, 0.05) is 0 Å². The van der Waals surface area contributed by atoms with Gasteiger partial charge in [-0.3, -0.25) is 0 Å². The molecule has 0 aromatic rings. The zero-order valence-corrected chi connectivity index (χ0v) is 28.4. The van der Waals surface area contributed by atoms with Gasteiger partial charge >= 0.3 is 70.6 Å². The van der Waals surface area contributed by atoms with Crippen LogP contribution in [-0.2, 0) is 21.7 Å². The van der Waals surface area contributed by atoms with E-state index >= 15 is 0 Å². The van der Waals surface area contributed by atoms with Gasteiger partial charge in [-0.25, -0.2) is 0 Å². The minimum atomic E-state index is 0. The third-order valence-corrected chi connectivity index (χ3v) is 2.99. The summed E-state index contributed by atoms with van der Waals surface area (Å²) in [5.74, 6) is 0. The van der Waals surface area contributed by atoms with Crippen LogP contribution in [0, 0.1) is 0 Å². The molecule has 0 aliphatic carbocycles. The van der Waals surface area contributed by atoms with E-state index in [2.05, 4.69) is 0 Å². The predicted octanol–water partition coefficient (Wildman–Crippen LogP) is 0.498. The zero-order chi connectivity index (χ0) is 24.7. The first-order valence-corrected chi connectivity index (χ1v) is 12.0. The van der Waals surface area contributed by atoms with E-state index in [1.807, 2.05) is 41.5 Å². The SMILES string of the molecule is CCCC[O-].CCCC[O-].CCCC[O-].CCCC[O-].CCCC[O-].CCCC[O-].[Ba+2].[Ti+4]. The van der Waals surface area contributed by atoms with Gasteiger partial charge in [0.15, 0.2) is 0 Å². The molecule has 0 saturated heterocycles. The summed E-state index contributed by atoms with van der Waals surface area (Å²) in [4.78, 5) is 0. The van der Waals surface area contributed by atoms with E-state index < -0.39 is 0 Å². The van der Waals surface area contributed by atoms with Gasteiger partial charge in [-0.15, -0.1) is 39.6 Å². The molecule has 0 radical (unpaired) electrons. The molecular formula is C24H54BaO6Ti. The Kier molecular flexibility index (Phi) is 145. The van der Waals surface area contributed by atoms with Crippen LogP contribution in [0.4, 0.5) is 0 Å². The van der Waals surface area contributed by atoms with Gasteiger partial charge in [-0.2, -0.15) is 0 Å². The largest absolute Gasteiger partial charge is 4.00 e. The summed E-state index contributed by atoms with van der Waals surface area (Å²) in [6, 6.07) is 0. The molecule has 192 valence electrons. The summed E-state index contributed by atoms with van der Waals surface area (Å²) in [5, 5.41) is 57.2. The first-order chi connectivity index (χ1) is 14.5. The van der Waals surface area contributed by atoms with Crippen LogP contribution in [0.1, 0.15) is 119 Å². The Morgan fingerprint density at radius 3 is 0.406 bits per heavy atom. The maximum atomic E-state index is 9.53. The van der Waals surface area contributed by atoms with Crippen molar-refractivity contribution < 1.29 is 52.4 Å². The van der Waals surface area contributed by atoms with Crippen molar-refractivity contribution in [2.24, 2.45) is 0 Å². The molecule has 6 nitrogen and oxygen atoms in total. The number of hydrogen-bond acceptors (Lipinski definition) is 6. The Balaban J connectivity index is -0.0000000356. The standard InChI is InChI=1S/6C4H9O.Ba.Ti/c6*1-2-3-4-5;;/h6*2-4H2,1H3;;/q6*-1;+2;+4. The van der Waals surface area contributed by atoms with Crippen molar-refractivity contribution in [2.45, 2.75) is 119 Å². The van der Waals surface area contributed by atoms with E-state index in [0.29, 0.717) is 0 Å². The van der Waals surface area contributed by atoms with Crippen molar-refractivity contribution in [3.05, 3.63) is 0 Å². The van der Waals surface area contributed by atoms with Gasteiger partial charge < -0.3 is 30.6 Å². The first-order valence-electron chi connectivity index (χ1n) is 12.0.